The lowest BCUT2D eigenvalue weighted by atomic mass is 10.0. The summed E-state index contributed by atoms with van der Waals surface area (Å²) >= 11 is 0. The molecule has 0 saturated carbocycles. The van der Waals surface area contributed by atoms with E-state index in [1.165, 1.54) is 141 Å². The van der Waals surface area contributed by atoms with Crippen molar-refractivity contribution in [2.75, 3.05) is 13.2 Å². The zero-order chi connectivity index (χ0) is 34.1. The van der Waals surface area contributed by atoms with E-state index in [1.807, 2.05) is 0 Å². The van der Waals surface area contributed by atoms with Crippen LogP contribution in [0.15, 0.2) is 11.5 Å². The van der Waals surface area contributed by atoms with E-state index in [-0.39, 0.29) is 6.42 Å². The Kier molecular flexibility index (Phi) is 32.1. The highest BCUT2D eigenvalue weighted by Gasteiger charge is 2.41. The van der Waals surface area contributed by atoms with Crippen molar-refractivity contribution in [1.82, 2.24) is 0 Å². The summed E-state index contributed by atoms with van der Waals surface area (Å²) in [4.78, 5) is 23.3. The molecule has 2 atom stereocenters. The zero-order valence-corrected chi connectivity index (χ0v) is 29.8. The SMILES string of the molecule is CCCCCCCCCCCCCCCC(=O)OC1=C(O)C(=O)O[C@@H]1[C@@H](O)CO.CCCCCCCCCCCCCCCCO. The van der Waals surface area contributed by atoms with E-state index in [9.17, 15) is 19.8 Å². The molecule has 4 N–H and O–H groups in total. The van der Waals surface area contributed by atoms with Gasteiger partial charge in [0, 0.05) is 13.0 Å². The van der Waals surface area contributed by atoms with Crippen LogP contribution in [0.5, 0.6) is 0 Å². The number of hydrogen-bond acceptors (Lipinski definition) is 8. The number of ether oxygens (including phenoxy) is 2. The van der Waals surface area contributed by atoms with E-state index in [0.717, 1.165) is 25.7 Å². The fourth-order valence-corrected chi connectivity index (χ4v) is 5.68. The van der Waals surface area contributed by atoms with Gasteiger partial charge in [0.15, 0.2) is 6.10 Å². The molecule has 8 heteroatoms. The molecule has 0 bridgehead atoms. The second-order valence-corrected chi connectivity index (χ2v) is 13.1. The van der Waals surface area contributed by atoms with E-state index >= 15 is 0 Å². The molecule has 0 aromatic heterocycles. The lowest BCUT2D eigenvalue weighted by Crippen LogP contribution is -2.33. The minimum atomic E-state index is -1.46. The van der Waals surface area contributed by atoms with Crippen LogP contribution in [-0.4, -0.2) is 57.8 Å². The Morgan fingerprint density at radius 3 is 1.33 bits per heavy atom. The molecule has 0 aromatic rings. The summed E-state index contributed by atoms with van der Waals surface area (Å²) in [7, 11) is 0. The number of aliphatic hydroxyl groups excluding tert-OH is 4. The van der Waals surface area contributed by atoms with E-state index in [4.69, 9.17) is 19.7 Å². The van der Waals surface area contributed by atoms with Crippen molar-refractivity contribution in [3.8, 4) is 0 Å². The van der Waals surface area contributed by atoms with Crippen LogP contribution in [-0.2, 0) is 19.1 Å². The van der Waals surface area contributed by atoms with Crippen molar-refractivity contribution in [2.45, 2.75) is 206 Å². The smallest absolute Gasteiger partial charge is 0.378 e. The topological polar surface area (TPSA) is 134 Å². The number of rotatable bonds is 31. The van der Waals surface area contributed by atoms with Crippen LogP contribution in [0.3, 0.4) is 0 Å². The predicted molar refractivity (Wildman–Crippen MR) is 186 cm³/mol. The quantitative estimate of drug-likeness (QED) is 0.0428. The van der Waals surface area contributed by atoms with Crippen LogP contribution in [0, 0.1) is 0 Å². The largest absolute Gasteiger partial charge is 0.499 e. The lowest BCUT2D eigenvalue weighted by molar-refractivity contribution is -0.151. The molecule has 0 aromatic carbocycles. The van der Waals surface area contributed by atoms with Gasteiger partial charge in [-0.3, -0.25) is 4.79 Å². The third kappa shape index (κ3) is 25.4. The van der Waals surface area contributed by atoms with Crippen LogP contribution in [0.25, 0.3) is 0 Å². The van der Waals surface area contributed by atoms with Gasteiger partial charge in [-0.15, -0.1) is 0 Å². The molecule has 1 aliphatic heterocycles. The van der Waals surface area contributed by atoms with Crippen molar-refractivity contribution in [1.29, 1.82) is 0 Å². The standard InChI is InChI=1S/C22H38O7.C16H34O/c1-2-3-4-5-6-7-8-9-10-11-12-13-14-15-18(25)28-21-19(26)22(27)29-20(21)17(24)16-23;1-2-3-4-5-6-7-8-9-10-11-12-13-14-15-16-17/h17,20,23-24,26H,2-16H2,1H3;17H,2-16H2,1H3/t17-,20+;/m0./s1. The molecular formula is C38H72O8. The number of carbonyl (C=O) groups excluding carboxylic acids is 2. The molecule has 0 spiro atoms. The van der Waals surface area contributed by atoms with Gasteiger partial charge in [-0.05, 0) is 12.8 Å². The fourth-order valence-electron chi connectivity index (χ4n) is 5.68. The van der Waals surface area contributed by atoms with Crippen LogP contribution < -0.4 is 0 Å². The van der Waals surface area contributed by atoms with Gasteiger partial charge in [0.2, 0.25) is 11.5 Å². The van der Waals surface area contributed by atoms with Gasteiger partial charge in [-0.25, -0.2) is 4.79 Å². The van der Waals surface area contributed by atoms with Gasteiger partial charge in [-0.1, -0.05) is 174 Å². The van der Waals surface area contributed by atoms with Crippen LogP contribution in [0.4, 0.5) is 0 Å². The number of esters is 2. The number of unbranched alkanes of at least 4 members (excludes halogenated alkanes) is 25. The molecule has 46 heavy (non-hydrogen) atoms. The number of hydrogen-bond donors (Lipinski definition) is 4. The maximum Gasteiger partial charge on any atom is 0.378 e. The molecule has 0 fully saturated rings. The predicted octanol–water partition coefficient (Wildman–Crippen LogP) is 9.52. The molecule has 0 unspecified atom stereocenters. The van der Waals surface area contributed by atoms with Crippen molar-refractivity contribution >= 4 is 11.9 Å². The van der Waals surface area contributed by atoms with Gasteiger partial charge in [-0.2, -0.15) is 0 Å². The first-order valence-electron chi connectivity index (χ1n) is 19.2. The maximum atomic E-state index is 11.9. The molecular weight excluding hydrogens is 584 g/mol. The summed E-state index contributed by atoms with van der Waals surface area (Å²) < 4.78 is 9.72. The minimum absolute atomic E-state index is 0.157. The molecule has 0 amide bonds. The Bertz CT molecular complexity index is 724. The third-order valence-electron chi connectivity index (χ3n) is 8.68. The second-order valence-electron chi connectivity index (χ2n) is 13.1. The van der Waals surface area contributed by atoms with Gasteiger partial charge in [0.25, 0.3) is 0 Å². The number of carbonyl (C=O) groups is 2. The van der Waals surface area contributed by atoms with Crippen LogP contribution >= 0.6 is 0 Å². The molecule has 1 rings (SSSR count). The number of aliphatic hydroxyl groups is 4. The highest BCUT2D eigenvalue weighted by atomic mass is 16.6. The first-order chi connectivity index (χ1) is 22.4. The molecule has 0 saturated heterocycles. The molecule has 0 radical (unpaired) electrons. The Morgan fingerprint density at radius 1 is 0.630 bits per heavy atom. The Labute approximate surface area is 281 Å². The molecule has 1 heterocycles. The second kappa shape index (κ2) is 33.3. The monoisotopic (exact) mass is 657 g/mol. The Hall–Kier alpha value is -1.64. The molecule has 0 aliphatic carbocycles. The van der Waals surface area contributed by atoms with E-state index in [2.05, 4.69) is 13.8 Å². The summed E-state index contributed by atoms with van der Waals surface area (Å²) in [5.74, 6) is -2.92. The van der Waals surface area contributed by atoms with Gasteiger partial charge in [0.05, 0.1) is 6.61 Å². The summed E-state index contributed by atoms with van der Waals surface area (Å²) in [5.41, 5.74) is 0. The highest BCUT2D eigenvalue weighted by molar-refractivity contribution is 5.90. The van der Waals surface area contributed by atoms with Crippen molar-refractivity contribution in [3.05, 3.63) is 11.5 Å². The fraction of sp³-hybridized carbons (Fsp3) is 0.895. The zero-order valence-electron chi connectivity index (χ0n) is 29.8. The third-order valence-corrected chi connectivity index (χ3v) is 8.68. The van der Waals surface area contributed by atoms with E-state index in [1.54, 1.807) is 0 Å². The molecule has 1 aliphatic rings. The first-order valence-corrected chi connectivity index (χ1v) is 19.2. The van der Waals surface area contributed by atoms with E-state index in [0.29, 0.717) is 13.0 Å². The van der Waals surface area contributed by atoms with Gasteiger partial charge in [0.1, 0.15) is 6.10 Å². The summed E-state index contributed by atoms with van der Waals surface area (Å²) in [5, 5.41) is 36.9. The Morgan fingerprint density at radius 2 is 0.978 bits per heavy atom. The maximum absolute atomic E-state index is 11.9. The molecule has 272 valence electrons. The Balaban J connectivity index is 0.00000102. The average Bonchev–Trinajstić information content (AvgIpc) is 3.33. The minimum Gasteiger partial charge on any atom is -0.499 e. The van der Waals surface area contributed by atoms with Crippen LogP contribution in [0.2, 0.25) is 0 Å². The van der Waals surface area contributed by atoms with Crippen molar-refractivity contribution < 1.29 is 39.5 Å². The van der Waals surface area contributed by atoms with Crippen molar-refractivity contribution in [2.24, 2.45) is 0 Å². The van der Waals surface area contributed by atoms with Crippen molar-refractivity contribution in [3.63, 3.8) is 0 Å². The lowest BCUT2D eigenvalue weighted by Gasteiger charge is -2.17. The number of cyclic esters (lactones) is 1. The van der Waals surface area contributed by atoms with Crippen LogP contribution in [0.1, 0.15) is 194 Å². The van der Waals surface area contributed by atoms with E-state index < -0.39 is 42.3 Å². The summed E-state index contributed by atoms with van der Waals surface area (Å²) in [6.45, 7) is 4.20. The summed E-state index contributed by atoms with van der Waals surface area (Å²) in [6.07, 6.45) is 32.2. The average molecular weight is 657 g/mol. The van der Waals surface area contributed by atoms with Gasteiger partial charge >= 0.3 is 11.9 Å². The molecule has 8 nitrogen and oxygen atoms in total. The van der Waals surface area contributed by atoms with Gasteiger partial charge < -0.3 is 29.9 Å². The normalized spacial score (nSPS) is 15.1. The highest BCUT2D eigenvalue weighted by Crippen LogP contribution is 2.25. The summed E-state index contributed by atoms with van der Waals surface area (Å²) in [6, 6.07) is 0. The first kappa shape index (κ1) is 44.4.